The summed E-state index contributed by atoms with van der Waals surface area (Å²) in [6.45, 7) is 3.49. The molecule has 0 atom stereocenters. The molecule has 0 aliphatic carbocycles. The van der Waals surface area contributed by atoms with Crippen molar-refractivity contribution in [3.05, 3.63) is 21.9 Å². The van der Waals surface area contributed by atoms with Crippen LogP contribution in [-0.4, -0.2) is 58.0 Å². The van der Waals surface area contributed by atoms with Gasteiger partial charge < -0.3 is 9.80 Å². The number of nitrogens with zero attached hydrogens (tertiary/aromatic N) is 4. The van der Waals surface area contributed by atoms with Crippen LogP contribution >= 0.6 is 23.2 Å². The molecule has 1 fully saturated rings. The summed E-state index contributed by atoms with van der Waals surface area (Å²) >= 11 is 11.6. The largest absolute Gasteiger partial charge is 0.339 e. The molecule has 0 N–H and O–H groups in total. The average molecular weight is 303 g/mol. The molecular formula is C11H12Cl2N4O2. The Hall–Kier alpha value is -1.40. The van der Waals surface area contributed by atoms with Gasteiger partial charge in [0.05, 0.1) is 5.56 Å². The lowest BCUT2D eigenvalue weighted by atomic mass is 10.2. The first-order valence-corrected chi connectivity index (χ1v) is 6.48. The van der Waals surface area contributed by atoms with Crippen molar-refractivity contribution in [3.63, 3.8) is 0 Å². The molecule has 0 radical (unpaired) electrons. The van der Waals surface area contributed by atoms with Gasteiger partial charge in [0.25, 0.3) is 5.91 Å². The van der Waals surface area contributed by atoms with Crippen LogP contribution in [0.5, 0.6) is 0 Å². The molecule has 2 heterocycles. The second-order valence-corrected chi connectivity index (χ2v) is 4.92. The Labute approximate surface area is 120 Å². The van der Waals surface area contributed by atoms with Crippen molar-refractivity contribution < 1.29 is 9.59 Å². The number of halogens is 2. The fourth-order valence-corrected chi connectivity index (χ4v) is 2.22. The SMILES string of the molecule is CC(=O)N1CCN(C(=O)c2cc(Cl)nnc2Cl)CC1. The van der Waals surface area contributed by atoms with Gasteiger partial charge in [-0.25, -0.2) is 0 Å². The molecule has 2 amide bonds. The van der Waals surface area contributed by atoms with Gasteiger partial charge in [0, 0.05) is 33.1 Å². The van der Waals surface area contributed by atoms with Crippen molar-refractivity contribution in [2.45, 2.75) is 6.92 Å². The van der Waals surface area contributed by atoms with E-state index in [9.17, 15) is 9.59 Å². The highest BCUT2D eigenvalue weighted by molar-refractivity contribution is 6.34. The first kappa shape index (κ1) is 14.0. The van der Waals surface area contributed by atoms with Crippen molar-refractivity contribution in [3.8, 4) is 0 Å². The molecule has 102 valence electrons. The predicted molar refractivity (Wildman–Crippen MR) is 70.2 cm³/mol. The molecule has 1 aromatic heterocycles. The quantitative estimate of drug-likeness (QED) is 0.779. The standard InChI is InChI=1S/C11H12Cl2N4O2/c1-7(18)16-2-4-17(5-3-16)11(19)8-6-9(12)14-15-10(8)13/h6H,2-5H2,1H3. The van der Waals surface area contributed by atoms with E-state index in [0.717, 1.165) is 0 Å². The van der Waals surface area contributed by atoms with E-state index in [1.165, 1.54) is 13.0 Å². The third-order valence-electron chi connectivity index (χ3n) is 2.96. The second-order valence-electron chi connectivity index (χ2n) is 4.17. The van der Waals surface area contributed by atoms with E-state index in [4.69, 9.17) is 23.2 Å². The van der Waals surface area contributed by atoms with Crippen molar-refractivity contribution >= 4 is 35.0 Å². The lowest BCUT2D eigenvalue weighted by Crippen LogP contribution is -2.50. The van der Waals surface area contributed by atoms with Crippen LogP contribution < -0.4 is 0 Å². The highest BCUT2D eigenvalue weighted by atomic mass is 35.5. The third kappa shape index (κ3) is 3.13. The maximum absolute atomic E-state index is 12.3. The van der Waals surface area contributed by atoms with Crippen LogP contribution in [0.1, 0.15) is 17.3 Å². The van der Waals surface area contributed by atoms with Crippen molar-refractivity contribution in [1.29, 1.82) is 0 Å². The summed E-state index contributed by atoms with van der Waals surface area (Å²) in [6, 6.07) is 1.40. The Kier molecular flexibility index (Phi) is 4.21. The number of hydrogen-bond donors (Lipinski definition) is 0. The van der Waals surface area contributed by atoms with Gasteiger partial charge in [0.15, 0.2) is 10.3 Å². The molecule has 1 aromatic rings. The third-order valence-corrected chi connectivity index (χ3v) is 3.43. The zero-order valence-corrected chi connectivity index (χ0v) is 11.8. The fraction of sp³-hybridized carbons (Fsp3) is 0.455. The normalized spacial score (nSPS) is 15.5. The van der Waals surface area contributed by atoms with Gasteiger partial charge >= 0.3 is 0 Å². The highest BCUT2D eigenvalue weighted by Crippen LogP contribution is 2.18. The van der Waals surface area contributed by atoms with Crippen LogP contribution in [0.2, 0.25) is 10.3 Å². The summed E-state index contributed by atoms with van der Waals surface area (Å²) in [6.07, 6.45) is 0. The minimum Gasteiger partial charge on any atom is -0.339 e. The molecule has 8 heteroatoms. The summed E-state index contributed by atoms with van der Waals surface area (Å²) in [5.74, 6) is -0.233. The molecule has 2 rings (SSSR count). The highest BCUT2D eigenvalue weighted by Gasteiger charge is 2.25. The number of amides is 2. The molecule has 0 aromatic carbocycles. The maximum Gasteiger partial charge on any atom is 0.257 e. The summed E-state index contributed by atoms with van der Waals surface area (Å²) in [7, 11) is 0. The molecule has 19 heavy (non-hydrogen) atoms. The molecule has 1 aliphatic heterocycles. The summed E-state index contributed by atoms with van der Waals surface area (Å²) in [4.78, 5) is 26.8. The lowest BCUT2D eigenvalue weighted by molar-refractivity contribution is -0.130. The Morgan fingerprint density at radius 1 is 1.11 bits per heavy atom. The van der Waals surface area contributed by atoms with Crippen LogP contribution in [0.3, 0.4) is 0 Å². The Bertz CT molecular complexity index is 515. The van der Waals surface area contributed by atoms with Gasteiger partial charge in [-0.15, -0.1) is 10.2 Å². The molecule has 0 bridgehead atoms. The molecular weight excluding hydrogens is 291 g/mol. The molecule has 0 unspecified atom stereocenters. The monoisotopic (exact) mass is 302 g/mol. The van der Waals surface area contributed by atoms with Gasteiger partial charge in [-0.3, -0.25) is 9.59 Å². The van der Waals surface area contributed by atoms with Gasteiger partial charge in [-0.2, -0.15) is 0 Å². The van der Waals surface area contributed by atoms with Gasteiger partial charge in [0.1, 0.15) is 0 Å². The number of hydrogen-bond acceptors (Lipinski definition) is 4. The van der Waals surface area contributed by atoms with Crippen LogP contribution in [0.15, 0.2) is 6.07 Å². The van der Waals surface area contributed by atoms with Crippen molar-refractivity contribution in [1.82, 2.24) is 20.0 Å². The minimum atomic E-state index is -0.245. The van der Waals surface area contributed by atoms with E-state index in [0.29, 0.717) is 26.2 Å². The zero-order valence-electron chi connectivity index (χ0n) is 10.3. The smallest absolute Gasteiger partial charge is 0.257 e. The first-order valence-electron chi connectivity index (χ1n) is 5.72. The maximum atomic E-state index is 12.3. The van der Waals surface area contributed by atoms with E-state index in [1.807, 2.05) is 0 Å². The van der Waals surface area contributed by atoms with E-state index >= 15 is 0 Å². The Morgan fingerprint density at radius 2 is 1.68 bits per heavy atom. The number of carbonyl (C=O) groups excluding carboxylic acids is 2. The zero-order chi connectivity index (χ0) is 14.0. The molecule has 1 aliphatic rings. The van der Waals surface area contributed by atoms with Crippen LogP contribution in [0, 0.1) is 0 Å². The fourth-order valence-electron chi connectivity index (χ4n) is 1.90. The number of aromatic nitrogens is 2. The number of rotatable bonds is 1. The van der Waals surface area contributed by atoms with Crippen molar-refractivity contribution in [2.24, 2.45) is 0 Å². The first-order chi connectivity index (χ1) is 8.99. The minimum absolute atomic E-state index is 0.0127. The van der Waals surface area contributed by atoms with Crippen molar-refractivity contribution in [2.75, 3.05) is 26.2 Å². The van der Waals surface area contributed by atoms with Crippen LogP contribution in [0.4, 0.5) is 0 Å². The van der Waals surface area contributed by atoms with E-state index in [2.05, 4.69) is 10.2 Å². The molecule has 0 spiro atoms. The van der Waals surface area contributed by atoms with E-state index in [-0.39, 0.29) is 27.7 Å². The predicted octanol–water partition coefficient (Wildman–Crippen LogP) is 1.09. The average Bonchev–Trinajstić information content (AvgIpc) is 2.41. The van der Waals surface area contributed by atoms with E-state index in [1.54, 1.807) is 9.80 Å². The molecule has 1 saturated heterocycles. The summed E-state index contributed by atoms with van der Waals surface area (Å²) < 4.78 is 0. The van der Waals surface area contributed by atoms with Gasteiger partial charge in [0.2, 0.25) is 5.91 Å². The Morgan fingerprint density at radius 3 is 2.26 bits per heavy atom. The topological polar surface area (TPSA) is 66.4 Å². The Balaban J connectivity index is 2.09. The second kappa shape index (κ2) is 5.71. The van der Waals surface area contributed by atoms with E-state index < -0.39 is 0 Å². The lowest BCUT2D eigenvalue weighted by Gasteiger charge is -2.34. The summed E-state index contributed by atoms with van der Waals surface area (Å²) in [5.41, 5.74) is 0.234. The number of carbonyl (C=O) groups is 2. The molecule has 6 nitrogen and oxygen atoms in total. The molecule has 0 saturated carbocycles. The van der Waals surface area contributed by atoms with Gasteiger partial charge in [-0.05, 0) is 6.07 Å². The van der Waals surface area contributed by atoms with Crippen LogP contribution in [0.25, 0.3) is 0 Å². The number of piperazine rings is 1. The van der Waals surface area contributed by atoms with Gasteiger partial charge in [-0.1, -0.05) is 23.2 Å². The summed E-state index contributed by atoms with van der Waals surface area (Å²) in [5, 5.41) is 7.32. The van der Waals surface area contributed by atoms with Crippen LogP contribution in [-0.2, 0) is 4.79 Å².